The number of hydrogen-bond acceptors (Lipinski definition) is 5. The lowest BCUT2D eigenvalue weighted by atomic mass is 9.90. The number of nitrogens with two attached hydrogens (primary N) is 1. The Labute approximate surface area is 169 Å². The minimum Gasteiger partial charge on any atom is -0.493 e. The second-order valence-electron chi connectivity index (χ2n) is 6.92. The van der Waals surface area contributed by atoms with Gasteiger partial charge in [0.05, 0.1) is 31.4 Å². The summed E-state index contributed by atoms with van der Waals surface area (Å²) < 4.78 is 11.0. The molecular formula is C22H24N4O3. The molecule has 1 atom stereocenters. The molecule has 7 heteroatoms. The van der Waals surface area contributed by atoms with E-state index in [-0.39, 0.29) is 11.8 Å². The first-order chi connectivity index (χ1) is 14.2. The molecule has 3 N–H and O–H groups in total. The van der Waals surface area contributed by atoms with E-state index in [0.29, 0.717) is 43.3 Å². The Balaban J connectivity index is 1.62. The van der Waals surface area contributed by atoms with Gasteiger partial charge in [-0.2, -0.15) is 0 Å². The maximum Gasteiger partial charge on any atom is 0.254 e. The van der Waals surface area contributed by atoms with Gasteiger partial charge in [-0.3, -0.25) is 4.79 Å². The van der Waals surface area contributed by atoms with Crippen LogP contribution >= 0.6 is 0 Å². The van der Waals surface area contributed by atoms with Gasteiger partial charge in [-0.05, 0) is 23.8 Å². The van der Waals surface area contributed by atoms with Crippen LogP contribution in [-0.2, 0) is 6.54 Å². The van der Waals surface area contributed by atoms with Crippen LogP contribution in [-0.4, -0.2) is 47.6 Å². The van der Waals surface area contributed by atoms with Crippen molar-refractivity contribution in [3.05, 3.63) is 77.4 Å². The van der Waals surface area contributed by atoms with Gasteiger partial charge in [0.2, 0.25) is 0 Å². The number of benzene rings is 2. The van der Waals surface area contributed by atoms with Crippen LogP contribution in [0.4, 0.5) is 0 Å². The van der Waals surface area contributed by atoms with Crippen molar-refractivity contribution in [1.82, 2.24) is 14.9 Å². The summed E-state index contributed by atoms with van der Waals surface area (Å²) >= 11 is 0. The fourth-order valence-electron chi connectivity index (χ4n) is 3.70. The lowest BCUT2D eigenvalue weighted by molar-refractivity contribution is 0.0721. The number of methoxy groups -OCH3 is 1. The molecular weight excluding hydrogens is 368 g/mol. The molecule has 1 aliphatic rings. The van der Waals surface area contributed by atoms with E-state index < -0.39 is 0 Å². The number of imidazole rings is 1. The molecule has 2 aromatic carbocycles. The van der Waals surface area contributed by atoms with Gasteiger partial charge < -0.3 is 25.1 Å². The number of amides is 1. The molecule has 1 aromatic heterocycles. The summed E-state index contributed by atoms with van der Waals surface area (Å²) in [6, 6.07) is 15.4. The van der Waals surface area contributed by atoms with Crippen molar-refractivity contribution in [2.75, 3.05) is 26.8 Å². The highest BCUT2D eigenvalue weighted by molar-refractivity contribution is 5.95. The van der Waals surface area contributed by atoms with Crippen molar-refractivity contribution in [3.8, 4) is 11.5 Å². The fraction of sp³-hybridized carbons (Fsp3) is 0.273. The number of carbonyl (C=O) groups excluding carboxylic acids is 1. The van der Waals surface area contributed by atoms with E-state index in [4.69, 9.17) is 15.2 Å². The predicted molar refractivity (Wildman–Crippen MR) is 109 cm³/mol. The minimum absolute atomic E-state index is 0.0290. The number of aromatic nitrogens is 2. The van der Waals surface area contributed by atoms with Crippen LogP contribution in [0.25, 0.3) is 0 Å². The summed E-state index contributed by atoms with van der Waals surface area (Å²) in [6.07, 6.45) is 1.70. The van der Waals surface area contributed by atoms with E-state index in [9.17, 15) is 4.79 Å². The molecule has 29 heavy (non-hydrogen) atoms. The molecule has 1 aliphatic heterocycles. The van der Waals surface area contributed by atoms with E-state index in [2.05, 4.69) is 22.1 Å². The lowest BCUT2D eigenvalue weighted by Crippen LogP contribution is -2.38. The van der Waals surface area contributed by atoms with Crippen LogP contribution in [0.2, 0.25) is 0 Å². The highest BCUT2D eigenvalue weighted by atomic mass is 16.5. The monoisotopic (exact) mass is 392 g/mol. The van der Waals surface area contributed by atoms with Crippen molar-refractivity contribution in [2.45, 2.75) is 12.5 Å². The summed E-state index contributed by atoms with van der Waals surface area (Å²) in [5.41, 5.74) is 9.19. The molecule has 0 spiro atoms. The number of aromatic amines is 1. The summed E-state index contributed by atoms with van der Waals surface area (Å²) in [4.78, 5) is 22.8. The summed E-state index contributed by atoms with van der Waals surface area (Å²) in [6.45, 7) is 1.79. The van der Waals surface area contributed by atoms with Gasteiger partial charge in [0, 0.05) is 24.6 Å². The van der Waals surface area contributed by atoms with Crippen LogP contribution in [0.3, 0.4) is 0 Å². The molecule has 7 nitrogen and oxygen atoms in total. The van der Waals surface area contributed by atoms with E-state index in [1.54, 1.807) is 31.6 Å². The number of fused-ring (bicyclic) bond motifs is 1. The van der Waals surface area contributed by atoms with E-state index in [1.165, 1.54) is 0 Å². The van der Waals surface area contributed by atoms with Gasteiger partial charge in [0.1, 0.15) is 6.61 Å². The molecule has 0 saturated carbocycles. The smallest absolute Gasteiger partial charge is 0.254 e. The standard InChI is InChI=1S/C22H24N4O3/c1-28-19-8-7-16(11-20(19)29-10-9-23)22(27)26-12-17(15-5-3-2-4-6-15)21-18(13-26)24-14-25-21/h2-8,11,14,17H,9-10,12-13,23H2,1H3,(H,24,25). The quantitative estimate of drug-likeness (QED) is 0.672. The van der Waals surface area contributed by atoms with Crippen molar-refractivity contribution in [1.29, 1.82) is 0 Å². The average Bonchev–Trinajstić information content (AvgIpc) is 3.25. The predicted octanol–water partition coefficient (Wildman–Crippen LogP) is 2.54. The van der Waals surface area contributed by atoms with Crippen LogP contribution < -0.4 is 15.2 Å². The first-order valence-electron chi connectivity index (χ1n) is 9.58. The minimum atomic E-state index is -0.0635. The van der Waals surface area contributed by atoms with Gasteiger partial charge in [-0.15, -0.1) is 0 Å². The summed E-state index contributed by atoms with van der Waals surface area (Å²) in [7, 11) is 1.57. The maximum absolute atomic E-state index is 13.3. The Morgan fingerprint density at radius 2 is 2.07 bits per heavy atom. The van der Waals surface area contributed by atoms with Gasteiger partial charge in [0.25, 0.3) is 5.91 Å². The third kappa shape index (κ3) is 3.82. The molecule has 3 aromatic rings. The highest BCUT2D eigenvalue weighted by Crippen LogP contribution is 2.33. The van der Waals surface area contributed by atoms with Crippen molar-refractivity contribution < 1.29 is 14.3 Å². The van der Waals surface area contributed by atoms with Crippen molar-refractivity contribution >= 4 is 5.91 Å². The van der Waals surface area contributed by atoms with Gasteiger partial charge in [0.15, 0.2) is 11.5 Å². The Bertz CT molecular complexity index is 987. The van der Waals surface area contributed by atoms with Gasteiger partial charge >= 0.3 is 0 Å². The van der Waals surface area contributed by atoms with Crippen molar-refractivity contribution in [3.63, 3.8) is 0 Å². The zero-order valence-electron chi connectivity index (χ0n) is 16.3. The number of hydrogen-bond donors (Lipinski definition) is 2. The fourth-order valence-corrected chi connectivity index (χ4v) is 3.70. The van der Waals surface area contributed by atoms with E-state index in [0.717, 1.165) is 17.0 Å². The van der Waals surface area contributed by atoms with Crippen LogP contribution in [0.15, 0.2) is 54.9 Å². The Morgan fingerprint density at radius 3 is 2.83 bits per heavy atom. The molecule has 4 rings (SSSR count). The molecule has 0 aliphatic carbocycles. The molecule has 0 bridgehead atoms. The third-order valence-corrected chi connectivity index (χ3v) is 5.11. The molecule has 1 unspecified atom stereocenters. The Hall–Kier alpha value is -3.32. The average molecular weight is 392 g/mol. The second kappa shape index (κ2) is 8.36. The number of H-pyrrole nitrogens is 1. The topological polar surface area (TPSA) is 93.5 Å². The SMILES string of the molecule is COc1ccc(C(=O)N2Cc3[nH]cnc3C(c3ccccc3)C2)cc1OCCN. The Kier molecular flexibility index (Phi) is 5.48. The third-order valence-electron chi connectivity index (χ3n) is 5.11. The number of carbonyl (C=O) groups is 1. The Morgan fingerprint density at radius 1 is 1.24 bits per heavy atom. The molecule has 0 saturated heterocycles. The number of nitrogens with one attached hydrogen (secondary N) is 1. The summed E-state index contributed by atoms with van der Waals surface area (Å²) in [5.74, 6) is 1.06. The zero-order valence-corrected chi connectivity index (χ0v) is 16.3. The number of rotatable bonds is 6. The molecule has 2 heterocycles. The molecule has 0 fully saturated rings. The maximum atomic E-state index is 13.3. The molecule has 1 amide bonds. The van der Waals surface area contributed by atoms with Crippen LogP contribution in [0, 0.1) is 0 Å². The first-order valence-corrected chi connectivity index (χ1v) is 9.58. The number of nitrogens with zero attached hydrogens (tertiary/aromatic N) is 2. The van der Waals surface area contributed by atoms with E-state index in [1.807, 2.05) is 23.1 Å². The first kappa shape index (κ1) is 19.0. The van der Waals surface area contributed by atoms with E-state index >= 15 is 0 Å². The largest absolute Gasteiger partial charge is 0.493 e. The van der Waals surface area contributed by atoms with Gasteiger partial charge in [-0.25, -0.2) is 4.98 Å². The zero-order chi connectivity index (χ0) is 20.2. The van der Waals surface area contributed by atoms with Gasteiger partial charge in [-0.1, -0.05) is 30.3 Å². The number of ether oxygens (including phenoxy) is 2. The second-order valence-corrected chi connectivity index (χ2v) is 6.92. The van der Waals surface area contributed by atoms with Crippen molar-refractivity contribution in [2.24, 2.45) is 5.73 Å². The molecule has 0 radical (unpaired) electrons. The summed E-state index contributed by atoms with van der Waals surface area (Å²) in [5, 5.41) is 0. The molecule has 150 valence electrons. The van der Waals surface area contributed by atoms with Crippen LogP contribution in [0.5, 0.6) is 11.5 Å². The lowest BCUT2D eigenvalue weighted by Gasteiger charge is -2.32. The van der Waals surface area contributed by atoms with Crippen LogP contribution in [0.1, 0.15) is 33.2 Å². The normalized spacial score (nSPS) is 15.7. The highest BCUT2D eigenvalue weighted by Gasteiger charge is 2.32.